The van der Waals surface area contributed by atoms with E-state index >= 15 is 0 Å². The van der Waals surface area contributed by atoms with Crippen molar-refractivity contribution in [3.63, 3.8) is 0 Å². The molecule has 1 aromatic heterocycles. The van der Waals surface area contributed by atoms with Crippen LogP contribution < -0.4 is 0 Å². The highest BCUT2D eigenvalue weighted by Gasteiger charge is 2.25. The summed E-state index contributed by atoms with van der Waals surface area (Å²) in [4.78, 5) is 30.2. The van der Waals surface area contributed by atoms with Gasteiger partial charge in [-0.05, 0) is 26.6 Å². The molecule has 0 bridgehead atoms. The molecule has 1 amide bonds. The number of carbonyl (C=O) groups excluding carboxylic acids is 1. The van der Waals surface area contributed by atoms with Crippen molar-refractivity contribution in [3.8, 4) is 0 Å². The Hall–Kier alpha value is -1.73. The molecule has 21 heavy (non-hydrogen) atoms. The van der Waals surface area contributed by atoms with Crippen LogP contribution in [0.4, 0.5) is 5.69 Å². The molecule has 1 heterocycles. The van der Waals surface area contributed by atoms with Crippen molar-refractivity contribution in [3.05, 3.63) is 33.1 Å². The van der Waals surface area contributed by atoms with Crippen molar-refractivity contribution in [2.24, 2.45) is 0 Å². The molecule has 0 saturated heterocycles. The minimum Gasteiger partial charge on any atom is -0.337 e. The first kappa shape index (κ1) is 17.3. The number of hydrogen-bond acceptors (Lipinski definition) is 5. The summed E-state index contributed by atoms with van der Waals surface area (Å²) in [5.41, 5.74) is -0.345. The lowest BCUT2D eigenvalue weighted by atomic mass is 10.2. The molecular formula is C13H19ClN4O3. The van der Waals surface area contributed by atoms with Crippen LogP contribution in [0.25, 0.3) is 0 Å². The zero-order valence-corrected chi connectivity index (χ0v) is 13.1. The number of rotatable bonds is 7. The van der Waals surface area contributed by atoms with Gasteiger partial charge in [-0.2, -0.15) is 0 Å². The Morgan fingerprint density at radius 1 is 1.38 bits per heavy atom. The molecule has 0 aliphatic heterocycles. The maximum absolute atomic E-state index is 12.5. The smallest absolute Gasteiger partial charge is 0.300 e. The molecule has 7 nitrogen and oxygen atoms in total. The van der Waals surface area contributed by atoms with Gasteiger partial charge in [0, 0.05) is 19.6 Å². The summed E-state index contributed by atoms with van der Waals surface area (Å²) >= 11 is 5.76. The molecule has 0 aliphatic rings. The monoisotopic (exact) mass is 314 g/mol. The zero-order chi connectivity index (χ0) is 16.0. The van der Waals surface area contributed by atoms with Crippen molar-refractivity contribution in [1.29, 1.82) is 0 Å². The average Bonchev–Trinajstić information content (AvgIpc) is 2.42. The van der Waals surface area contributed by atoms with Gasteiger partial charge in [0.25, 0.3) is 11.6 Å². The van der Waals surface area contributed by atoms with E-state index in [4.69, 9.17) is 11.6 Å². The number of hydrogen-bond donors (Lipinski definition) is 0. The van der Waals surface area contributed by atoms with Gasteiger partial charge in [-0.15, -0.1) is 0 Å². The number of halogens is 1. The molecule has 0 saturated carbocycles. The summed E-state index contributed by atoms with van der Waals surface area (Å²) in [6, 6.07) is 1.25. The molecule has 0 aliphatic carbocycles. The van der Waals surface area contributed by atoms with E-state index in [0.717, 1.165) is 12.6 Å². The molecule has 0 N–H and O–H groups in total. The first-order chi connectivity index (χ1) is 9.86. The Balaban J connectivity index is 3.07. The highest BCUT2D eigenvalue weighted by Crippen LogP contribution is 2.22. The molecule has 116 valence electrons. The van der Waals surface area contributed by atoms with E-state index in [1.54, 1.807) is 4.90 Å². The highest BCUT2D eigenvalue weighted by molar-refractivity contribution is 6.29. The molecule has 0 unspecified atom stereocenters. The molecule has 8 heteroatoms. The van der Waals surface area contributed by atoms with Crippen LogP contribution in [0.1, 0.15) is 23.7 Å². The van der Waals surface area contributed by atoms with E-state index in [1.807, 2.05) is 25.9 Å². The van der Waals surface area contributed by atoms with Gasteiger partial charge in [-0.1, -0.05) is 18.5 Å². The SMILES string of the molecule is CCCN(CCN(C)C)C(=O)c1cc(Cl)ncc1[N+](=O)[O-]. The molecule has 0 atom stereocenters. The van der Waals surface area contributed by atoms with Gasteiger partial charge in [-0.25, -0.2) is 4.98 Å². The van der Waals surface area contributed by atoms with E-state index in [9.17, 15) is 14.9 Å². The second kappa shape index (κ2) is 7.90. The van der Waals surface area contributed by atoms with Gasteiger partial charge in [0.05, 0.1) is 4.92 Å². The molecule has 0 spiro atoms. The predicted octanol–water partition coefficient (Wildman–Crippen LogP) is 2.06. The third-order valence-electron chi connectivity index (χ3n) is 2.87. The minimum absolute atomic E-state index is 0.0211. The van der Waals surface area contributed by atoms with Gasteiger partial charge in [0.15, 0.2) is 0 Å². The van der Waals surface area contributed by atoms with Crippen molar-refractivity contribution in [2.45, 2.75) is 13.3 Å². The van der Waals surface area contributed by atoms with Gasteiger partial charge in [0.1, 0.15) is 16.9 Å². The lowest BCUT2D eigenvalue weighted by molar-refractivity contribution is -0.385. The van der Waals surface area contributed by atoms with Crippen LogP contribution in [-0.4, -0.2) is 59.3 Å². The Bertz CT molecular complexity index is 522. The van der Waals surface area contributed by atoms with Gasteiger partial charge in [-0.3, -0.25) is 14.9 Å². The van der Waals surface area contributed by atoms with Crippen LogP contribution in [-0.2, 0) is 0 Å². The summed E-state index contributed by atoms with van der Waals surface area (Å²) in [6.45, 7) is 3.66. The number of amides is 1. The van der Waals surface area contributed by atoms with Crippen LogP contribution in [0.15, 0.2) is 12.3 Å². The molecule has 0 fully saturated rings. The summed E-state index contributed by atoms with van der Waals surface area (Å²) < 4.78 is 0. The van der Waals surface area contributed by atoms with Crippen LogP contribution in [0.3, 0.4) is 0 Å². The van der Waals surface area contributed by atoms with E-state index in [-0.39, 0.29) is 16.4 Å². The summed E-state index contributed by atoms with van der Waals surface area (Å²) in [5, 5.41) is 11.1. The first-order valence-corrected chi connectivity index (χ1v) is 6.98. The van der Waals surface area contributed by atoms with E-state index in [1.165, 1.54) is 6.07 Å². The van der Waals surface area contributed by atoms with Gasteiger partial charge in [0.2, 0.25) is 0 Å². The number of pyridine rings is 1. The minimum atomic E-state index is -0.618. The van der Waals surface area contributed by atoms with Crippen LogP contribution >= 0.6 is 11.6 Å². The zero-order valence-electron chi connectivity index (χ0n) is 12.4. The number of aromatic nitrogens is 1. The molecular weight excluding hydrogens is 296 g/mol. The largest absolute Gasteiger partial charge is 0.337 e. The van der Waals surface area contributed by atoms with E-state index < -0.39 is 10.8 Å². The van der Waals surface area contributed by atoms with E-state index in [2.05, 4.69) is 4.98 Å². The lowest BCUT2D eigenvalue weighted by Gasteiger charge is -2.23. The normalized spacial score (nSPS) is 10.7. The Morgan fingerprint density at radius 2 is 2.05 bits per heavy atom. The predicted molar refractivity (Wildman–Crippen MR) is 80.6 cm³/mol. The first-order valence-electron chi connectivity index (χ1n) is 6.60. The Kier molecular flexibility index (Phi) is 6.51. The van der Waals surface area contributed by atoms with Crippen LogP contribution in [0.2, 0.25) is 5.15 Å². The maximum atomic E-state index is 12.5. The molecule has 1 rings (SSSR count). The summed E-state index contributed by atoms with van der Waals surface area (Å²) in [7, 11) is 3.81. The van der Waals surface area contributed by atoms with Crippen LogP contribution in [0.5, 0.6) is 0 Å². The van der Waals surface area contributed by atoms with Crippen molar-refractivity contribution in [1.82, 2.24) is 14.8 Å². The Morgan fingerprint density at radius 3 is 2.57 bits per heavy atom. The topological polar surface area (TPSA) is 79.6 Å². The van der Waals surface area contributed by atoms with Gasteiger partial charge < -0.3 is 9.80 Å². The maximum Gasteiger partial charge on any atom is 0.300 e. The molecule has 0 aromatic carbocycles. The fourth-order valence-corrected chi connectivity index (χ4v) is 1.97. The molecule has 1 aromatic rings. The quantitative estimate of drug-likeness (QED) is 0.437. The standard InChI is InChI=1S/C13H19ClN4O3/c1-4-5-17(7-6-16(2)3)13(19)10-8-12(14)15-9-11(10)18(20)21/h8-9H,4-7H2,1-3H3. The molecule has 0 radical (unpaired) electrons. The summed E-state index contributed by atoms with van der Waals surface area (Å²) in [5.74, 6) is -0.394. The highest BCUT2D eigenvalue weighted by atomic mass is 35.5. The average molecular weight is 315 g/mol. The number of nitrogens with zero attached hydrogens (tertiary/aromatic N) is 4. The fourth-order valence-electron chi connectivity index (χ4n) is 1.82. The third kappa shape index (κ3) is 4.95. The third-order valence-corrected chi connectivity index (χ3v) is 3.08. The number of carbonyl (C=O) groups is 1. The second-order valence-electron chi connectivity index (χ2n) is 4.88. The van der Waals surface area contributed by atoms with Gasteiger partial charge >= 0.3 is 0 Å². The number of likely N-dealkylation sites (N-methyl/N-ethyl adjacent to an activating group) is 1. The lowest BCUT2D eigenvalue weighted by Crippen LogP contribution is -2.37. The summed E-state index contributed by atoms with van der Waals surface area (Å²) in [6.07, 6.45) is 1.79. The van der Waals surface area contributed by atoms with Crippen molar-refractivity contribution in [2.75, 3.05) is 33.7 Å². The number of nitro groups is 1. The van der Waals surface area contributed by atoms with Crippen LogP contribution in [0, 0.1) is 10.1 Å². The van der Waals surface area contributed by atoms with Crippen molar-refractivity contribution >= 4 is 23.2 Å². The second-order valence-corrected chi connectivity index (χ2v) is 5.26. The Labute approximate surface area is 128 Å². The van der Waals surface area contributed by atoms with E-state index in [0.29, 0.717) is 19.6 Å². The fraction of sp³-hybridized carbons (Fsp3) is 0.538. The van der Waals surface area contributed by atoms with Crippen molar-refractivity contribution < 1.29 is 9.72 Å².